The van der Waals surface area contributed by atoms with E-state index in [1.807, 2.05) is 31.3 Å². The second-order valence-electron chi connectivity index (χ2n) is 6.80. The van der Waals surface area contributed by atoms with Gasteiger partial charge in [-0.1, -0.05) is 23.7 Å². The average Bonchev–Trinajstić information content (AvgIpc) is 2.54. The van der Waals surface area contributed by atoms with Gasteiger partial charge < -0.3 is 15.4 Å². The SMILES string of the molecule is CNCCC(=O)NCC(c1ccc(Cl)cc1)N1CCOC(C)(C)C1.Cl.Cl. The van der Waals surface area contributed by atoms with Crippen molar-refractivity contribution in [3.63, 3.8) is 0 Å². The van der Waals surface area contributed by atoms with Crippen LogP contribution < -0.4 is 10.6 Å². The van der Waals surface area contributed by atoms with Crippen LogP contribution in [-0.2, 0) is 9.53 Å². The van der Waals surface area contributed by atoms with E-state index in [4.69, 9.17) is 16.3 Å². The number of amides is 1. The molecule has 0 aliphatic carbocycles. The van der Waals surface area contributed by atoms with Gasteiger partial charge >= 0.3 is 0 Å². The fraction of sp³-hybridized carbons (Fsp3) is 0.611. The highest BCUT2D eigenvalue weighted by Crippen LogP contribution is 2.27. The summed E-state index contributed by atoms with van der Waals surface area (Å²) in [6, 6.07) is 7.99. The number of nitrogens with zero attached hydrogens (tertiary/aromatic N) is 1. The standard InChI is InChI=1S/C18H28ClN3O2.2ClH/c1-18(2)13-22(10-11-24-18)16(12-21-17(23)8-9-20-3)14-4-6-15(19)7-5-14;;/h4-7,16,20H,8-13H2,1-3H3,(H,21,23);2*1H. The molecule has 0 spiro atoms. The third-order valence-corrected chi connectivity index (χ3v) is 4.50. The maximum Gasteiger partial charge on any atom is 0.221 e. The average molecular weight is 427 g/mol. The molecule has 2 N–H and O–H groups in total. The molecule has 0 radical (unpaired) electrons. The van der Waals surface area contributed by atoms with Gasteiger partial charge in [0.15, 0.2) is 0 Å². The predicted octanol–water partition coefficient (Wildman–Crippen LogP) is 3.06. The number of carbonyl (C=O) groups is 1. The molecule has 8 heteroatoms. The molecule has 0 bridgehead atoms. The first-order chi connectivity index (χ1) is 11.4. The molecule has 1 amide bonds. The van der Waals surface area contributed by atoms with Crippen molar-refractivity contribution in [1.29, 1.82) is 0 Å². The molecule has 150 valence electrons. The summed E-state index contributed by atoms with van der Waals surface area (Å²) < 4.78 is 5.82. The third kappa shape index (κ3) is 7.99. The number of hydrogen-bond acceptors (Lipinski definition) is 4. The van der Waals surface area contributed by atoms with Crippen LogP contribution >= 0.6 is 36.4 Å². The van der Waals surface area contributed by atoms with Gasteiger partial charge in [-0.05, 0) is 38.6 Å². The summed E-state index contributed by atoms with van der Waals surface area (Å²) in [5.41, 5.74) is 0.977. The highest BCUT2D eigenvalue weighted by Gasteiger charge is 2.32. The zero-order valence-corrected chi connectivity index (χ0v) is 18.0. The molecule has 1 aliphatic heterocycles. The predicted molar refractivity (Wildman–Crippen MR) is 112 cm³/mol. The first-order valence-corrected chi connectivity index (χ1v) is 8.84. The number of benzene rings is 1. The van der Waals surface area contributed by atoms with Gasteiger partial charge in [0.2, 0.25) is 5.91 Å². The second-order valence-corrected chi connectivity index (χ2v) is 7.24. The van der Waals surface area contributed by atoms with Crippen molar-refractivity contribution in [2.24, 2.45) is 0 Å². The van der Waals surface area contributed by atoms with E-state index in [9.17, 15) is 4.79 Å². The fourth-order valence-corrected chi connectivity index (χ4v) is 3.13. The minimum atomic E-state index is -0.181. The Hall–Kier alpha value is -0.560. The normalized spacial score (nSPS) is 17.5. The molecule has 1 saturated heterocycles. The van der Waals surface area contributed by atoms with Gasteiger partial charge in [-0.15, -0.1) is 24.8 Å². The van der Waals surface area contributed by atoms with E-state index >= 15 is 0 Å². The van der Waals surface area contributed by atoms with Crippen LogP contribution in [0.2, 0.25) is 5.02 Å². The number of morpholine rings is 1. The van der Waals surface area contributed by atoms with E-state index in [1.165, 1.54) is 0 Å². The summed E-state index contributed by atoms with van der Waals surface area (Å²) in [7, 11) is 1.85. The number of carbonyl (C=O) groups excluding carboxylic acids is 1. The van der Waals surface area contributed by atoms with E-state index in [-0.39, 0.29) is 42.4 Å². The number of ether oxygens (including phenoxy) is 1. The molecule has 1 heterocycles. The largest absolute Gasteiger partial charge is 0.373 e. The van der Waals surface area contributed by atoms with Gasteiger partial charge in [0.05, 0.1) is 18.2 Å². The van der Waals surface area contributed by atoms with Crippen molar-refractivity contribution in [3.05, 3.63) is 34.9 Å². The molecule has 1 aliphatic rings. The highest BCUT2D eigenvalue weighted by molar-refractivity contribution is 6.30. The first kappa shape index (κ1) is 25.4. The van der Waals surface area contributed by atoms with E-state index in [2.05, 4.69) is 29.4 Å². The molecule has 1 atom stereocenters. The molecule has 1 fully saturated rings. The Kier molecular flexibility index (Phi) is 11.7. The quantitative estimate of drug-likeness (QED) is 0.703. The van der Waals surface area contributed by atoms with Crippen molar-refractivity contribution in [2.45, 2.75) is 31.9 Å². The van der Waals surface area contributed by atoms with E-state index in [0.29, 0.717) is 26.1 Å². The molecule has 1 aromatic rings. The summed E-state index contributed by atoms with van der Waals surface area (Å²) in [6.07, 6.45) is 0.485. The molecular weight excluding hydrogens is 397 g/mol. The summed E-state index contributed by atoms with van der Waals surface area (Å²) >= 11 is 6.02. The van der Waals surface area contributed by atoms with Crippen LogP contribution in [0.4, 0.5) is 0 Å². The van der Waals surface area contributed by atoms with Crippen LogP contribution in [0.25, 0.3) is 0 Å². The summed E-state index contributed by atoms with van der Waals surface area (Å²) in [5, 5.41) is 6.78. The van der Waals surface area contributed by atoms with Gasteiger partial charge in [0.25, 0.3) is 0 Å². The minimum Gasteiger partial charge on any atom is -0.373 e. The van der Waals surface area contributed by atoms with Crippen LogP contribution in [0, 0.1) is 0 Å². The number of rotatable bonds is 7. The maximum atomic E-state index is 12.0. The monoisotopic (exact) mass is 425 g/mol. The van der Waals surface area contributed by atoms with Gasteiger partial charge in [-0.2, -0.15) is 0 Å². The van der Waals surface area contributed by atoms with Crippen LogP contribution in [0.15, 0.2) is 24.3 Å². The highest BCUT2D eigenvalue weighted by atomic mass is 35.5. The molecule has 1 unspecified atom stereocenters. The first-order valence-electron chi connectivity index (χ1n) is 8.46. The van der Waals surface area contributed by atoms with Crippen LogP contribution in [0.1, 0.15) is 31.9 Å². The summed E-state index contributed by atoms with van der Waals surface area (Å²) in [5.74, 6) is 0.0656. The fourth-order valence-electron chi connectivity index (χ4n) is 3.00. The Balaban J connectivity index is 0.00000312. The molecule has 26 heavy (non-hydrogen) atoms. The number of nitrogens with one attached hydrogen (secondary N) is 2. The minimum absolute atomic E-state index is 0. The molecular formula is C18H30Cl3N3O2. The Morgan fingerprint density at radius 2 is 1.96 bits per heavy atom. The van der Waals surface area contributed by atoms with Gasteiger partial charge in [0, 0.05) is 37.6 Å². The topological polar surface area (TPSA) is 53.6 Å². The molecule has 2 rings (SSSR count). The van der Waals surface area contributed by atoms with Crippen molar-refractivity contribution in [3.8, 4) is 0 Å². The lowest BCUT2D eigenvalue weighted by atomic mass is 10.0. The van der Waals surface area contributed by atoms with Crippen molar-refractivity contribution >= 4 is 42.3 Å². The number of halogens is 3. The van der Waals surface area contributed by atoms with Crippen LogP contribution in [0.3, 0.4) is 0 Å². The van der Waals surface area contributed by atoms with Gasteiger partial charge in [-0.25, -0.2) is 0 Å². The zero-order chi connectivity index (χ0) is 17.6. The third-order valence-electron chi connectivity index (χ3n) is 4.25. The molecule has 0 aromatic heterocycles. The molecule has 1 aromatic carbocycles. The lowest BCUT2D eigenvalue weighted by Crippen LogP contribution is -2.51. The summed E-state index contributed by atoms with van der Waals surface area (Å²) in [4.78, 5) is 14.4. The molecule has 5 nitrogen and oxygen atoms in total. The second kappa shape index (κ2) is 12.0. The van der Waals surface area contributed by atoms with E-state index in [0.717, 1.165) is 23.7 Å². The Labute approximate surface area is 174 Å². The smallest absolute Gasteiger partial charge is 0.221 e. The van der Waals surface area contributed by atoms with Crippen molar-refractivity contribution < 1.29 is 9.53 Å². The lowest BCUT2D eigenvalue weighted by Gasteiger charge is -2.42. The maximum absolute atomic E-state index is 12.0. The Morgan fingerprint density at radius 3 is 2.54 bits per heavy atom. The van der Waals surface area contributed by atoms with Crippen molar-refractivity contribution in [2.75, 3.05) is 39.8 Å². The Morgan fingerprint density at radius 1 is 1.31 bits per heavy atom. The van der Waals surface area contributed by atoms with Crippen LogP contribution in [0.5, 0.6) is 0 Å². The summed E-state index contributed by atoms with van der Waals surface area (Å²) in [6.45, 7) is 7.84. The molecule has 0 saturated carbocycles. The van der Waals surface area contributed by atoms with E-state index in [1.54, 1.807) is 0 Å². The van der Waals surface area contributed by atoms with Gasteiger partial charge in [0.1, 0.15) is 0 Å². The Bertz CT molecular complexity index is 541. The zero-order valence-electron chi connectivity index (χ0n) is 15.6. The van der Waals surface area contributed by atoms with E-state index < -0.39 is 0 Å². The number of hydrogen-bond donors (Lipinski definition) is 2. The van der Waals surface area contributed by atoms with Crippen LogP contribution in [-0.4, -0.2) is 56.2 Å². The lowest BCUT2D eigenvalue weighted by molar-refractivity contribution is -0.122. The van der Waals surface area contributed by atoms with Gasteiger partial charge in [-0.3, -0.25) is 9.69 Å². The van der Waals surface area contributed by atoms with Crippen molar-refractivity contribution in [1.82, 2.24) is 15.5 Å².